The highest BCUT2D eigenvalue weighted by atomic mass is 32.2. The minimum atomic E-state index is -0.599. The fourth-order valence-corrected chi connectivity index (χ4v) is 5.33. The van der Waals surface area contributed by atoms with Gasteiger partial charge in [0, 0.05) is 4.91 Å². The Morgan fingerprint density at radius 2 is 1.32 bits per heavy atom. The van der Waals surface area contributed by atoms with Crippen LogP contribution in [0.2, 0.25) is 0 Å². The van der Waals surface area contributed by atoms with Gasteiger partial charge in [0.25, 0.3) is 0 Å². The zero-order chi connectivity index (χ0) is 18.9. The zero-order valence-corrected chi connectivity index (χ0v) is 18.0. The van der Waals surface area contributed by atoms with Crippen molar-refractivity contribution < 1.29 is 10.3 Å². The van der Waals surface area contributed by atoms with E-state index in [-0.39, 0.29) is 6.61 Å². The predicted molar refractivity (Wildman–Crippen MR) is 109 cm³/mol. The van der Waals surface area contributed by atoms with Gasteiger partial charge in [-0.2, -0.15) is 0 Å². The van der Waals surface area contributed by atoms with E-state index in [1.807, 2.05) is 27.7 Å². The topological polar surface area (TPSA) is 43.4 Å². The lowest BCUT2D eigenvalue weighted by Crippen LogP contribution is -2.47. The number of hydrogen-bond acceptors (Lipinski definition) is 3. The summed E-state index contributed by atoms with van der Waals surface area (Å²) in [6.07, 6.45) is 13.4. The van der Waals surface area contributed by atoms with Gasteiger partial charge in [-0.1, -0.05) is 64.7 Å². The predicted octanol–water partition coefficient (Wildman–Crippen LogP) is 6.11. The summed E-state index contributed by atoms with van der Waals surface area (Å²) >= 11 is 1.79. The monoisotopic (exact) mass is 370 g/mol. The molecule has 4 heteroatoms. The maximum absolute atomic E-state index is 12.6. The molecule has 0 aromatic heterocycles. The van der Waals surface area contributed by atoms with Crippen LogP contribution in [0.25, 0.3) is 0 Å². The van der Waals surface area contributed by atoms with Crippen LogP contribution in [0.4, 0.5) is 0 Å². The molecule has 0 aliphatic carbocycles. The summed E-state index contributed by atoms with van der Waals surface area (Å²) < 4.78 is 0. The lowest BCUT2D eigenvalue weighted by molar-refractivity contribution is -0.239. The Balaban J connectivity index is 2.25. The second-order valence-electron chi connectivity index (χ2n) is 8.41. The van der Waals surface area contributed by atoms with Crippen LogP contribution in [0.1, 0.15) is 98.8 Å². The van der Waals surface area contributed by atoms with Crippen LogP contribution in [0.5, 0.6) is 0 Å². The summed E-state index contributed by atoms with van der Waals surface area (Å²) in [5.41, 5.74) is -0.215. The molecule has 147 valence electrons. The normalized spacial score (nSPS) is 19.8. The van der Waals surface area contributed by atoms with Crippen molar-refractivity contribution in [3.8, 4) is 0 Å². The fraction of sp³-hybridized carbons (Fsp3) is 0.905. The summed E-state index contributed by atoms with van der Waals surface area (Å²) in [7, 11) is 0. The molecule has 25 heavy (non-hydrogen) atoms. The Morgan fingerprint density at radius 1 is 0.840 bits per heavy atom. The summed E-state index contributed by atoms with van der Waals surface area (Å²) in [5, 5.41) is 23.5. The van der Waals surface area contributed by atoms with Gasteiger partial charge in [-0.15, -0.1) is 22.0 Å². The summed E-state index contributed by atoms with van der Waals surface area (Å²) in [4.78, 5) is 1.09. The molecule has 0 fully saturated rings. The minimum absolute atomic E-state index is 0.0183. The highest BCUT2D eigenvalue weighted by molar-refractivity contribution is 8.03. The Labute approximate surface area is 160 Å². The van der Waals surface area contributed by atoms with Crippen molar-refractivity contribution in [2.75, 3.05) is 12.4 Å². The van der Waals surface area contributed by atoms with Crippen LogP contribution in [0.3, 0.4) is 0 Å². The van der Waals surface area contributed by atoms with Crippen molar-refractivity contribution in [2.24, 2.45) is 0 Å². The van der Waals surface area contributed by atoms with Gasteiger partial charge in [0.2, 0.25) is 0 Å². The third kappa shape index (κ3) is 6.27. The van der Waals surface area contributed by atoms with E-state index >= 15 is 0 Å². The van der Waals surface area contributed by atoms with Crippen LogP contribution in [0, 0.1) is 0 Å². The Hall–Kier alpha value is -0.0300. The molecule has 0 bridgehead atoms. The van der Waals surface area contributed by atoms with Crippen molar-refractivity contribution >= 4 is 11.8 Å². The lowest BCUT2D eigenvalue weighted by Gasteiger charge is -2.34. The largest absolute Gasteiger partial charge is 0.392 e. The van der Waals surface area contributed by atoms with Gasteiger partial charge in [0.1, 0.15) is 0 Å². The van der Waals surface area contributed by atoms with Gasteiger partial charge in [-0.25, -0.2) is 0 Å². The molecule has 0 spiro atoms. The Bertz CT molecular complexity index is 418. The molecule has 0 aromatic rings. The molecule has 1 heterocycles. The van der Waals surface area contributed by atoms with Crippen molar-refractivity contribution in [3.05, 3.63) is 10.5 Å². The average molecular weight is 371 g/mol. The van der Waals surface area contributed by atoms with Crippen LogP contribution < -0.4 is 0 Å². The standard InChI is InChI=1S/C21H40NO2S/c1-6-7-8-9-10-11-12-13-14-15-16-25-19-18(17-23)20(2,3)22(24)21(19,4)5/h23H,6-17H2,1-5H3. The second-order valence-corrected chi connectivity index (χ2v) is 9.51. The van der Waals surface area contributed by atoms with E-state index in [0.717, 1.165) is 21.3 Å². The van der Waals surface area contributed by atoms with Gasteiger partial charge in [-0.3, -0.25) is 0 Å². The number of nitrogens with zero attached hydrogens (tertiary/aromatic N) is 1. The van der Waals surface area contributed by atoms with E-state index in [2.05, 4.69) is 6.92 Å². The molecular weight excluding hydrogens is 330 g/mol. The number of unbranched alkanes of at least 4 members (excludes halogenated alkanes) is 9. The van der Waals surface area contributed by atoms with E-state index in [0.29, 0.717) is 0 Å². The van der Waals surface area contributed by atoms with Gasteiger partial charge in [0.15, 0.2) is 0 Å². The first-order valence-electron chi connectivity index (χ1n) is 10.2. The maximum Gasteiger partial charge on any atom is 0.0755 e. The Kier molecular flexibility index (Phi) is 10.1. The number of thioether (sulfide) groups is 1. The van der Waals surface area contributed by atoms with Gasteiger partial charge in [0.05, 0.1) is 17.7 Å². The molecule has 0 saturated heterocycles. The summed E-state index contributed by atoms with van der Waals surface area (Å²) in [5.74, 6) is 1.04. The number of rotatable bonds is 13. The van der Waals surface area contributed by atoms with E-state index in [4.69, 9.17) is 0 Å². The summed E-state index contributed by atoms with van der Waals surface area (Å²) in [6, 6.07) is 0. The summed E-state index contributed by atoms with van der Waals surface area (Å²) in [6.45, 7) is 10.0. The van der Waals surface area contributed by atoms with E-state index in [9.17, 15) is 10.3 Å². The minimum Gasteiger partial charge on any atom is -0.392 e. The molecule has 1 N–H and O–H groups in total. The van der Waals surface area contributed by atoms with Crippen LogP contribution in [0.15, 0.2) is 10.5 Å². The quantitative estimate of drug-likeness (QED) is 0.398. The van der Waals surface area contributed by atoms with E-state index in [1.54, 1.807) is 11.8 Å². The number of aliphatic hydroxyl groups excluding tert-OH is 1. The SMILES string of the molecule is CCCCCCCCCCCCSC1=C(CO)C(C)(C)N([O])C1(C)C. The Morgan fingerprint density at radius 3 is 1.80 bits per heavy atom. The molecule has 1 rings (SSSR count). The first-order valence-corrected chi connectivity index (χ1v) is 11.2. The first-order chi connectivity index (χ1) is 11.8. The highest BCUT2D eigenvalue weighted by Crippen LogP contribution is 2.48. The molecule has 1 radical (unpaired) electrons. The van der Waals surface area contributed by atoms with E-state index in [1.165, 1.54) is 64.2 Å². The zero-order valence-electron chi connectivity index (χ0n) is 17.2. The molecule has 0 atom stereocenters. The van der Waals surface area contributed by atoms with Crippen LogP contribution in [-0.2, 0) is 5.21 Å². The molecule has 0 unspecified atom stereocenters. The van der Waals surface area contributed by atoms with Crippen LogP contribution in [-0.4, -0.2) is 33.6 Å². The first kappa shape index (κ1) is 23.0. The van der Waals surface area contributed by atoms with Crippen molar-refractivity contribution in [1.82, 2.24) is 5.06 Å². The molecule has 3 nitrogen and oxygen atoms in total. The number of aliphatic hydroxyl groups is 1. The van der Waals surface area contributed by atoms with Crippen molar-refractivity contribution in [2.45, 2.75) is 110 Å². The smallest absolute Gasteiger partial charge is 0.0755 e. The van der Waals surface area contributed by atoms with Crippen molar-refractivity contribution in [1.29, 1.82) is 0 Å². The molecule has 0 saturated carbocycles. The highest BCUT2D eigenvalue weighted by Gasteiger charge is 2.51. The van der Waals surface area contributed by atoms with E-state index < -0.39 is 11.1 Å². The molecule has 0 aromatic carbocycles. The van der Waals surface area contributed by atoms with Crippen LogP contribution >= 0.6 is 11.8 Å². The molecular formula is C21H40NO2S. The second kappa shape index (κ2) is 11.0. The number of hydroxylamine groups is 2. The molecule has 1 aliphatic rings. The van der Waals surface area contributed by atoms with Gasteiger partial charge >= 0.3 is 0 Å². The number of hydrogen-bond donors (Lipinski definition) is 1. The fourth-order valence-electron chi connectivity index (χ4n) is 3.85. The molecule has 0 amide bonds. The van der Waals surface area contributed by atoms with Crippen molar-refractivity contribution in [3.63, 3.8) is 0 Å². The lowest BCUT2D eigenvalue weighted by atomic mass is 9.97. The maximum atomic E-state index is 12.6. The van der Waals surface area contributed by atoms with Gasteiger partial charge in [-0.05, 0) is 45.4 Å². The third-order valence-electron chi connectivity index (χ3n) is 5.49. The van der Waals surface area contributed by atoms with Gasteiger partial charge < -0.3 is 5.11 Å². The molecule has 1 aliphatic heterocycles. The third-order valence-corrected chi connectivity index (χ3v) is 7.01. The average Bonchev–Trinajstić information content (AvgIpc) is 2.69.